The third-order valence-electron chi connectivity index (χ3n) is 4.11. The number of nitrogens with zero attached hydrogens (tertiary/aromatic N) is 1. The number of sulfone groups is 1. The molecule has 1 N–H and O–H groups in total. The molecule has 1 unspecified atom stereocenters. The van der Waals surface area contributed by atoms with Gasteiger partial charge >= 0.3 is 5.97 Å². The first-order valence-electron chi connectivity index (χ1n) is 7.49. The average Bonchev–Trinajstić information content (AvgIpc) is 3.18. The van der Waals surface area contributed by atoms with Crippen LogP contribution in [0, 0.1) is 0 Å². The Morgan fingerprint density at radius 1 is 1.38 bits per heavy atom. The standard InChI is InChI=1S/C16H18N2O5S/c1-22-15(19)16(7-8-24(20,21)11-16)17-10-13-9-14(23-18-13)12-5-3-2-4-6-12/h2-6,9,17H,7-8,10-11H2,1H3. The number of hydrogen-bond acceptors (Lipinski definition) is 7. The zero-order valence-electron chi connectivity index (χ0n) is 13.2. The largest absolute Gasteiger partial charge is 0.468 e. The van der Waals surface area contributed by atoms with Crippen molar-refractivity contribution in [3.8, 4) is 11.3 Å². The highest BCUT2D eigenvalue weighted by Gasteiger charge is 2.49. The lowest BCUT2D eigenvalue weighted by Gasteiger charge is -2.25. The molecule has 7 nitrogen and oxygen atoms in total. The Labute approximate surface area is 139 Å². The summed E-state index contributed by atoms with van der Waals surface area (Å²) in [7, 11) is -2.01. The van der Waals surface area contributed by atoms with E-state index in [2.05, 4.69) is 10.5 Å². The van der Waals surface area contributed by atoms with Gasteiger partial charge in [0.2, 0.25) is 0 Å². The van der Waals surface area contributed by atoms with Gasteiger partial charge in [-0.05, 0) is 6.42 Å². The molecule has 1 aromatic carbocycles. The van der Waals surface area contributed by atoms with Crippen LogP contribution in [-0.2, 0) is 25.9 Å². The SMILES string of the molecule is COC(=O)C1(NCc2cc(-c3ccccc3)on2)CCS(=O)(=O)C1. The quantitative estimate of drug-likeness (QED) is 0.808. The molecule has 1 aliphatic heterocycles. The van der Waals surface area contributed by atoms with E-state index in [-0.39, 0.29) is 24.5 Å². The number of ether oxygens (including phenoxy) is 1. The summed E-state index contributed by atoms with van der Waals surface area (Å²) in [6.07, 6.45) is 0.186. The average molecular weight is 350 g/mol. The van der Waals surface area contributed by atoms with Crippen LogP contribution in [0.1, 0.15) is 12.1 Å². The van der Waals surface area contributed by atoms with Crippen LogP contribution in [-0.4, -0.2) is 43.7 Å². The van der Waals surface area contributed by atoms with Crippen LogP contribution in [0.4, 0.5) is 0 Å². The molecule has 2 heterocycles. The van der Waals surface area contributed by atoms with Gasteiger partial charge in [-0.15, -0.1) is 0 Å². The van der Waals surface area contributed by atoms with Crippen molar-refractivity contribution < 1.29 is 22.5 Å². The van der Waals surface area contributed by atoms with Crippen LogP contribution in [0.2, 0.25) is 0 Å². The Morgan fingerprint density at radius 2 is 2.12 bits per heavy atom. The zero-order valence-corrected chi connectivity index (χ0v) is 14.0. The van der Waals surface area contributed by atoms with Crippen molar-refractivity contribution in [3.05, 3.63) is 42.1 Å². The number of methoxy groups -OCH3 is 1. The Kier molecular flexibility index (Phi) is 4.42. The van der Waals surface area contributed by atoms with Gasteiger partial charge in [-0.1, -0.05) is 35.5 Å². The van der Waals surface area contributed by atoms with E-state index in [4.69, 9.17) is 9.26 Å². The summed E-state index contributed by atoms with van der Waals surface area (Å²) in [5.74, 6) is -0.270. The Balaban J connectivity index is 1.74. The van der Waals surface area contributed by atoms with Gasteiger partial charge in [0, 0.05) is 18.2 Å². The predicted molar refractivity (Wildman–Crippen MR) is 86.8 cm³/mol. The van der Waals surface area contributed by atoms with Crippen molar-refractivity contribution >= 4 is 15.8 Å². The van der Waals surface area contributed by atoms with Crippen LogP contribution in [0.15, 0.2) is 40.9 Å². The van der Waals surface area contributed by atoms with E-state index in [0.29, 0.717) is 11.5 Å². The molecule has 1 saturated heterocycles. The molecular weight excluding hydrogens is 332 g/mol. The van der Waals surface area contributed by atoms with Crippen molar-refractivity contribution in [2.75, 3.05) is 18.6 Å². The smallest absolute Gasteiger partial charge is 0.327 e. The molecule has 1 atom stereocenters. The summed E-state index contributed by atoms with van der Waals surface area (Å²) in [6, 6.07) is 11.3. The molecule has 0 spiro atoms. The number of esters is 1. The summed E-state index contributed by atoms with van der Waals surface area (Å²) < 4.78 is 33.7. The minimum atomic E-state index is -3.26. The van der Waals surface area contributed by atoms with Crippen LogP contribution in [0.25, 0.3) is 11.3 Å². The summed E-state index contributed by atoms with van der Waals surface area (Å²) in [4.78, 5) is 12.1. The molecule has 8 heteroatoms. The zero-order chi connectivity index (χ0) is 17.2. The normalized spacial score (nSPS) is 22.4. The Morgan fingerprint density at radius 3 is 2.75 bits per heavy atom. The van der Waals surface area contributed by atoms with Crippen molar-refractivity contribution in [1.29, 1.82) is 0 Å². The third kappa shape index (κ3) is 3.34. The van der Waals surface area contributed by atoms with E-state index in [1.54, 1.807) is 6.07 Å². The molecule has 0 amide bonds. The van der Waals surface area contributed by atoms with E-state index in [9.17, 15) is 13.2 Å². The number of carbonyl (C=O) groups excluding carboxylic acids is 1. The van der Waals surface area contributed by atoms with E-state index in [0.717, 1.165) is 5.56 Å². The van der Waals surface area contributed by atoms with E-state index in [1.807, 2.05) is 30.3 Å². The van der Waals surface area contributed by atoms with Crippen LogP contribution in [0.5, 0.6) is 0 Å². The maximum absolute atomic E-state index is 12.1. The third-order valence-corrected chi connectivity index (χ3v) is 5.87. The fraction of sp³-hybridized carbons (Fsp3) is 0.375. The van der Waals surface area contributed by atoms with Crippen molar-refractivity contribution in [2.24, 2.45) is 0 Å². The highest BCUT2D eigenvalue weighted by Crippen LogP contribution is 2.26. The number of carbonyl (C=O) groups is 1. The number of hydrogen-bond donors (Lipinski definition) is 1. The molecule has 128 valence electrons. The minimum Gasteiger partial charge on any atom is -0.468 e. The number of rotatable bonds is 5. The molecule has 24 heavy (non-hydrogen) atoms. The molecule has 2 aromatic rings. The van der Waals surface area contributed by atoms with Crippen LogP contribution >= 0.6 is 0 Å². The van der Waals surface area contributed by atoms with Gasteiger partial charge in [-0.25, -0.2) is 8.42 Å². The highest BCUT2D eigenvalue weighted by atomic mass is 32.2. The van der Waals surface area contributed by atoms with Gasteiger partial charge in [-0.3, -0.25) is 10.1 Å². The first-order chi connectivity index (χ1) is 11.4. The molecule has 0 saturated carbocycles. The second-order valence-corrected chi connectivity index (χ2v) is 8.00. The van der Waals surface area contributed by atoms with Crippen LogP contribution in [0.3, 0.4) is 0 Å². The number of aromatic nitrogens is 1. The Bertz CT molecular complexity index is 831. The Hall–Kier alpha value is -2.19. The lowest BCUT2D eigenvalue weighted by molar-refractivity contribution is -0.147. The lowest BCUT2D eigenvalue weighted by Crippen LogP contribution is -2.53. The minimum absolute atomic E-state index is 0.0385. The van der Waals surface area contributed by atoms with Crippen LogP contribution < -0.4 is 5.32 Å². The molecule has 0 bridgehead atoms. The molecule has 0 radical (unpaired) electrons. The summed E-state index contributed by atoms with van der Waals surface area (Å²) in [5.41, 5.74) is 0.253. The summed E-state index contributed by atoms with van der Waals surface area (Å²) in [5, 5.41) is 6.97. The number of nitrogens with one attached hydrogen (secondary N) is 1. The summed E-state index contributed by atoms with van der Waals surface area (Å²) in [6.45, 7) is 0.209. The predicted octanol–water partition coefficient (Wildman–Crippen LogP) is 1.16. The van der Waals surface area contributed by atoms with E-state index in [1.165, 1.54) is 7.11 Å². The maximum Gasteiger partial charge on any atom is 0.327 e. The van der Waals surface area contributed by atoms with Crippen molar-refractivity contribution in [3.63, 3.8) is 0 Å². The van der Waals surface area contributed by atoms with Crippen molar-refractivity contribution in [1.82, 2.24) is 10.5 Å². The molecule has 0 aliphatic carbocycles. The van der Waals surface area contributed by atoms with Gasteiger partial charge in [-0.2, -0.15) is 0 Å². The van der Waals surface area contributed by atoms with Gasteiger partial charge < -0.3 is 9.26 Å². The highest BCUT2D eigenvalue weighted by molar-refractivity contribution is 7.91. The van der Waals surface area contributed by atoms with Gasteiger partial charge in [0.1, 0.15) is 5.54 Å². The maximum atomic E-state index is 12.1. The van der Waals surface area contributed by atoms with Gasteiger partial charge in [0.25, 0.3) is 0 Å². The first kappa shape index (κ1) is 16.7. The second kappa shape index (κ2) is 6.37. The first-order valence-corrected chi connectivity index (χ1v) is 9.31. The lowest BCUT2D eigenvalue weighted by atomic mass is 9.99. The molecule has 1 aromatic heterocycles. The fourth-order valence-electron chi connectivity index (χ4n) is 2.81. The topological polar surface area (TPSA) is 98.5 Å². The fourth-order valence-corrected chi connectivity index (χ4v) is 4.73. The van der Waals surface area contributed by atoms with E-state index < -0.39 is 21.3 Å². The summed E-state index contributed by atoms with van der Waals surface area (Å²) >= 11 is 0. The molecule has 1 fully saturated rings. The molecule has 3 rings (SSSR count). The molecular formula is C16H18N2O5S. The molecule has 1 aliphatic rings. The van der Waals surface area contributed by atoms with Crippen molar-refractivity contribution in [2.45, 2.75) is 18.5 Å². The van der Waals surface area contributed by atoms with E-state index >= 15 is 0 Å². The van der Waals surface area contributed by atoms with Gasteiger partial charge in [0.05, 0.1) is 24.3 Å². The second-order valence-electron chi connectivity index (χ2n) is 5.82. The number of benzene rings is 1. The van der Waals surface area contributed by atoms with Gasteiger partial charge in [0.15, 0.2) is 15.6 Å². The monoisotopic (exact) mass is 350 g/mol.